The summed E-state index contributed by atoms with van der Waals surface area (Å²) < 4.78 is 47.3. The van der Waals surface area contributed by atoms with Crippen molar-refractivity contribution in [1.82, 2.24) is 15.0 Å². The third-order valence-corrected chi connectivity index (χ3v) is 7.14. The molecule has 0 spiro atoms. The zero-order valence-electron chi connectivity index (χ0n) is 19.1. The predicted octanol–water partition coefficient (Wildman–Crippen LogP) is 3.55. The van der Waals surface area contributed by atoms with Gasteiger partial charge in [0, 0.05) is 25.6 Å². The van der Waals surface area contributed by atoms with E-state index in [-0.39, 0.29) is 41.7 Å². The number of furan rings is 1. The molecule has 2 heterocycles. The molecule has 2 aromatic heterocycles. The predicted molar refractivity (Wildman–Crippen MR) is 127 cm³/mol. The molecule has 0 radical (unpaired) electrons. The molecule has 186 valence electrons. The summed E-state index contributed by atoms with van der Waals surface area (Å²) >= 11 is 0. The highest BCUT2D eigenvalue weighted by molar-refractivity contribution is 7.88. The summed E-state index contributed by atoms with van der Waals surface area (Å²) in [5.74, 6) is -1.73. The molecular weight excluding hydrogens is 477 g/mol. The lowest BCUT2D eigenvalue weighted by Gasteiger charge is -2.10. The van der Waals surface area contributed by atoms with Crippen LogP contribution in [0.4, 0.5) is 4.39 Å². The van der Waals surface area contributed by atoms with Gasteiger partial charge in [-0.15, -0.1) is 0 Å². The van der Waals surface area contributed by atoms with Crippen LogP contribution in [-0.2, 0) is 20.6 Å². The molecule has 3 N–H and O–H groups in total. The van der Waals surface area contributed by atoms with Crippen LogP contribution in [-0.4, -0.2) is 44.0 Å². The lowest BCUT2D eigenvalue weighted by molar-refractivity contribution is -0.137. The molecule has 0 unspecified atom stereocenters. The smallest absolute Gasteiger partial charge is 0.303 e. The SMILES string of the molecule is CNC(=O)c1c(-c2ccc(F)cc2)oc2nc(CS(=O)(=O)NCCCCC(=O)O)c(C3CC3)cc12. The summed E-state index contributed by atoms with van der Waals surface area (Å²) in [5, 5.41) is 11.8. The largest absolute Gasteiger partial charge is 0.481 e. The molecule has 35 heavy (non-hydrogen) atoms. The maximum absolute atomic E-state index is 13.4. The number of benzene rings is 1. The van der Waals surface area contributed by atoms with Gasteiger partial charge in [0.1, 0.15) is 17.3 Å². The first kappa shape index (κ1) is 24.8. The number of aliphatic carboxylic acids is 1. The maximum Gasteiger partial charge on any atom is 0.303 e. The van der Waals surface area contributed by atoms with Crippen molar-refractivity contribution in [2.75, 3.05) is 13.6 Å². The first-order valence-electron chi connectivity index (χ1n) is 11.3. The monoisotopic (exact) mass is 503 g/mol. The lowest BCUT2D eigenvalue weighted by Crippen LogP contribution is -2.27. The van der Waals surface area contributed by atoms with Gasteiger partial charge in [0.2, 0.25) is 15.7 Å². The Morgan fingerprint density at radius 2 is 1.91 bits per heavy atom. The molecule has 1 fully saturated rings. The number of fused-ring (bicyclic) bond motifs is 1. The molecule has 1 saturated carbocycles. The van der Waals surface area contributed by atoms with Crippen LogP contribution < -0.4 is 10.0 Å². The summed E-state index contributed by atoms with van der Waals surface area (Å²) in [6.45, 7) is 0.132. The normalized spacial score (nSPS) is 13.8. The van der Waals surface area contributed by atoms with Crippen LogP contribution in [0.25, 0.3) is 22.4 Å². The number of rotatable bonds is 11. The van der Waals surface area contributed by atoms with Gasteiger partial charge in [0.15, 0.2) is 0 Å². The van der Waals surface area contributed by atoms with E-state index in [0.717, 1.165) is 18.4 Å². The fraction of sp³-hybridized carbons (Fsp3) is 0.375. The zero-order valence-corrected chi connectivity index (χ0v) is 20.0. The molecule has 1 aromatic carbocycles. The standard InChI is InChI=1S/C24H26FN3O6S/c1-26-23(31)21-18-12-17(14-5-6-14)19(13-35(32,33)27-11-3-2-4-20(29)30)28-24(18)34-22(21)15-7-9-16(25)10-8-15/h7-10,12,14,27H,2-6,11,13H2,1H3,(H,26,31)(H,29,30). The van der Waals surface area contributed by atoms with Gasteiger partial charge in [-0.25, -0.2) is 22.5 Å². The Kier molecular flexibility index (Phi) is 7.18. The number of pyridine rings is 1. The van der Waals surface area contributed by atoms with Crippen molar-refractivity contribution in [2.45, 2.75) is 43.8 Å². The first-order chi connectivity index (χ1) is 16.7. The van der Waals surface area contributed by atoms with Crippen molar-refractivity contribution >= 4 is 33.0 Å². The van der Waals surface area contributed by atoms with Crippen LogP contribution in [0.15, 0.2) is 34.7 Å². The molecule has 0 bridgehead atoms. The molecular formula is C24H26FN3O6S. The van der Waals surface area contributed by atoms with Gasteiger partial charge in [-0.05, 0) is 67.5 Å². The van der Waals surface area contributed by atoms with Gasteiger partial charge >= 0.3 is 5.97 Å². The Hall–Kier alpha value is -3.31. The van der Waals surface area contributed by atoms with E-state index in [1.54, 1.807) is 6.07 Å². The first-order valence-corrected chi connectivity index (χ1v) is 13.0. The van der Waals surface area contributed by atoms with Crippen LogP contribution >= 0.6 is 0 Å². The molecule has 0 atom stereocenters. The number of halogens is 1. The number of carbonyl (C=O) groups is 2. The van der Waals surface area contributed by atoms with E-state index >= 15 is 0 Å². The number of hydrogen-bond donors (Lipinski definition) is 3. The third-order valence-electron chi connectivity index (χ3n) is 5.84. The van der Waals surface area contributed by atoms with Crippen molar-refractivity contribution in [1.29, 1.82) is 0 Å². The number of carboxylic acids is 1. The van der Waals surface area contributed by atoms with E-state index in [1.807, 2.05) is 0 Å². The van der Waals surface area contributed by atoms with Crippen molar-refractivity contribution in [3.63, 3.8) is 0 Å². The average molecular weight is 504 g/mol. The van der Waals surface area contributed by atoms with Gasteiger partial charge in [-0.1, -0.05) is 0 Å². The summed E-state index contributed by atoms with van der Waals surface area (Å²) in [6.07, 6.45) is 2.54. The number of aromatic nitrogens is 1. The van der Waals surface area contributed by atoms with Crippen molar-refractivity contribution in [2.24, 2.45) is 0 Å². The Bertz CT molecular complexity index is 1360. The highest BCUT2D eigenvalue weighted by atomic mass is 32.2. The minimum atomic E-state index is -3.74. The van der Waals surface area contributed by atoms with Crippen LogP contribution in [0.2, 0.25) is 0 Å². The molecule has 9 nitrogen and oxygen atoms in total. The lowest BCUT2D eigenvalue weighted by atomic mass is 10.0. The number of carbonyl (C=O) groups excluding carboxylic acids is 1. The van der Waals surface area contributed by atoms with Gasteiger partial charge in [0.05, 0.1) is 16.6 Å². The molecule has 0 aliphatic heterocycles. The van der Waals surface area contributed by atoms with E-state index in [1.165, 1.54) is 31.3 Å². The number of nitrogens with zero attached hydrogens (tertiary/aromatic N) is 1. The number of sulfonamides is 1. The number of nitrogens with one attached hydrogen (secondary N) is 2. The van der Waals surface area contributed by atoms with Crippen LogP contribution in [0.5, 0.6) is 0 Å². The summed E-state index contributed by atoms with van der Waals surface area (Å²) in [4.78, 5) is 27.9. The van der Waals surface area contributed by atoms with E-state index in [4.69, 9.17) is 9.52 Å². The van der Waals surface area contributed by atoms with Gasteiger partial charge in [-0.2, -0.15) is 0 Å². The zero-order chi connectivity index (χ0) is 25.2. The quantitative estimate of drug-likeness (QED) is 0.340. The molecule has 3 aromatic rings. The third kappa shape index (κ3) is 5.85. The second kappa shape index (κ2) is 10.1. The van der Waals surface area contributed by atoms with Crippen molar-refractivity contribution < 1.29 is 31.9 Å². The van der Waals surface area contributed by atoms with Crippen molar-refractivity contribution in [3.8, 4) is 11.3 Å². The van der Waals surface area contributed by atoms with Gasteiger partial charge < -0.3 is 14.8 Å². The Balaban J connectivity index is 1.68. The van der Waals surface area contributed by atoms with Crippen molar-refractivity contribution in [3.05, 3.63) is 53.0 Å². The van der Waals surface area contributed by atoms with E-state index in [9.17, 15) is 22.4 Å². The van der Waals surface area contributed by atoms with E-state index < -0.39 is 27.7 Å². The molecule has 1 amide bonds. The summed E-state index contributed by atoms with van der Waals surface area (Å²) in [6, 6.07) is 7.30. The second-order valence-corrected chi connectivity index (χ2v) is 10.4. The number of carboxylic acid groups (broad SMARTS) is 1. The van der Waals surface area contributed by atoms with Gasteiger partial charge in [0.25, 0.3) is 5.91 Å². The highest BCUT2D eigenvalue weighted by Gasteiger charge is 2.31. The molecule has 11 heteroatoms. The molecule has 1 aliphatic rings. The summed E-state index contributed by atoms with van der Waals surface area (Å²) in [5.41, 5.74) is 1.98. The van der Waals surface area contributed by atoms with E-state index in [2.05, 4.69) is 15.0 Å². The second-order valence-electron chi connectivity index (χ2n) is 8.55. The fourth-order valence-electron chi connectivity index (χ4n) is 3.95. The maximum atomic E-state index is 13.4. The number of amides is 1. The average Bonchev–Trinajstić information content (AvgIpc) is 3.58. The summed E-state index contributed by atoms with van der Waals surface area (Å²) in [7, 11) is -2.24. The Morgan fingerprint density at radius 3 is 2.54 bits per heavy atom. The van der Waals surface area contributed by atoms with Gasteiger partial charge in [-0.3, -0.25) is 9.59 Å². The highest BCUT2D eigenvalue weighted by Crippen LogP contribution is 2.44. The fourth-order valence-corrected chi connectivity index (χ4v) is 5.10. The Morgan fingerprint density at radius 1 is 1.20 bits per heavy atom. The van der Waals surface area contributed by atoms with Crippen LogP contribution in [0.1, 0.15) is 59.6 Å². The number of unbranched alkanes of at least 4 members (excludes halogenated alkanes) is 1. The molecule has 4 rings (SSSR count). The molecule has 1 aliphatic carbocycles. The van der Waals surface area contributed by atoms with Crippen LogP contribution in [0, 0.1) is 5.82 Å². The minimum absolute atomic E-state index is 0.0195. The Labute approximate surface area is 201 Å². The topological polar surface area (TPSA) is 139 Å². The molecule has 0 saturated heterocycles. The number of hydrogen-bond acceptors (Lipinski definition) is 6. The minimum Gasteiger partial charge on any atom is -0.481 e. The van der Waals surface area contributed by atoms with Crippen LogP contribution in [0.3, 0.4) is 0 Å². The van der Waals surface area contributed by atoms with E-state index in [0.29, 0.717) is 29.5 Å².